The Bertz CT molecular complexity index is 633. The molecule has 1 fully saturated rings. The van der Waals surface area contributed by atoms with Gasteiger partial charge in [0.1, 0.15) is 0 Å². The predicted molar refractivity (Wildman–Crippen MR) is 77.6 cm³/mol. The number of amides is 1. The number of pyridine rings is 1. The topological polar surface area (TPSA) is 42.4 Å². The van der Waals surface area contributed by atoms with E-state index in [0.29, 0.717) is 32.7 Å². The van der Waals surface area contributed by atoms with Crippen molar-refractivity contribution in [2.45, 2.75) is 13.3 Å². The summed E-state index contributed by atoms with van der Waals surface area (Å²) in [5, 5.41) is 1.12. The Kier molecular flexibility index (Phi) is 3.65. The average molecular weight is 270 g/mol. The van der Waals surface area contributed by atoms with E-state index in [4.69, 9.17) is 4.74 Å². The van der Waals surface area contributed by atoms with Crippen molar-refractivity contribution in [3.8, 4) is 0 Å². The second-order valence-corrected chi connectivity index (χ2v) is 5.11. The second kappa shape index (κ2) is 5.59. The van der Waals surface area contributed by atoms with Crippen LogP contribution >= 0.6 is 0 Å². The molecule has 1 aliphatic rings. The number of carbonyl (C=O) groups is 1. The van der Waals surface area contributed by atoms with Crippen LogP contribution < -0.4 is 0 Å². The van der Waals surface area contributed by atoms with Gasteiger partial charge in [-0.3, -0.25) is 9.78 Å². The summed E-state index contributed by atoms with van der Waals surface area (Å²) < 4.78 is 5.27. The molecule has 1 aromatic carbocycles. The first-order valence-corrected chi connectivity index (χ1v) is 6.95. The zero-order valence-corrected chi connectivity index (χ0v) is 11.6. The molecule has 1 aliphatic heterocycles. The van der Waals surface area contributed by atoms with Crippen LogP contribution in [0.2, 0.25) is 0 Å². The van der Waals surface area contributed by atoms with Gasteiger partial charge in [-0.05, 0) is 24.6 Å². The average Bonchev–Trinajstić information content (AvgIpc) is 2.49. The third kappa shape index (κ3) is 2.65. The Morgan fingerprint density at radius 2 is 2.05 bits per heavy atom. The summed E-state index contributed by atoms with van der Waals surface area (Å²) in [6, 6.07) is 10.1. The van der Waals surface area contributed by atoms with Crippen LogP contribution in [0.1, 0.15) is 11.3 Å². The number of hydrogen-bond donors (Lipinski definition) is 0. The largest absolute Gasteiger partial charge is 0.378 e. The van der Waals surface area contributed by atoms with Gasteiger partial charge >= 0.3 is 0 Å². The summed E-state index contributed by atoms with van der Waals surface area (Å²) >= 11 is 0. The van der Waals surface area contributed by atoms with Crippen LogP contribution in [0.25, 0.3) is 10.9 Å². The molecule has 2 heterocycles. The van der Waals surface area contributed by atoms with E-state index < -0.39 is 0 Å². The first kappa shape index (κ1) is 13.1. The van der Waals surface area contributed by atoms with E-state index in [1.165, 1.54) is 0 Å². The molecule has 0 radical (unpaired) electrons. The number of fused-ring (bicyclic) bond motifs is 1. The Labute approximate surface area is 118 Å². The molecule has 0 unspecified atom stereocenters. The maximum Gasteiger partial charge on any atom is 0.228 e. The lowest BCUT2D eigenvalue weighted by Crippen LogP contribution is -2.41. The van der Waals surface area contributed by atoms with Crippen LogP contribution in [-0.4, -0.2) is 42.1 Å². The van der Waals surface area contributed by atoms with Gasteiger partial charge in [0.25, 0.3) is 0 Å². The van der Waals surface area contributed by atoms with Crippen LogP contribution in [0, 0.1) is 6.92 Å². The van der Waals surface area contributed by atoms with Crippen LogP contribution in [-0.2, 0) is 16.0 Å². The molecule has 1 aromatic heterocycles. The number of aryl methyl sites for hydroxylation is 1. The Hall–Kier alpha value is -1.94. The molecule has 104 valence electrons. The maximum atomic E-state index is 12.3. The molecule has 0 atom stereocenters. The molecular weight excluding hydrogens is 252 g/mol. The van der Waals surface area contributed by atoms with Crippen molar-refractivity contribution in [1.29, 1.82) is 0 Å². The van der Waals surface area contributed by atoms with Crippen molar-refractivity contribution in [3.05, 3.63) is 41.6 Å². The molecule has 3 rings (SSSR count). The van der Waals surface area contributed by atoms with Crippen molar-refractivity contribution in [1.82, 2.24) is 9.88 Å². The first-order valence-electron chi connectivity index (χ1n) is 6.95. The second-order valence-electron chi connectivity index (χ2n) is 5.11. The molecular formula is C16H18N2O2. The Balaban J connectivity index is 1.82. The van der Waals surface area contributed by atoms with Gasteiger partial charge in [0.05, 0.1) is 30.8 Å². The molecule has 2 aromatic rings. The third-order valence-electron chi connectivity index (χ3n) is 3.70. The van der Waals surface area contributed by atoms with E-state index in [1.807, 2.05) is 36.1 Å². The number of rotatable bonds is 2. The third-order valence-corrected chi connectivity index (χ3v) is 3.70. The highest BCUT2D eigenvalue weighted by Crippen LogP contribution is 2.17. The van der Waals surface area contributed by atoms with Gasteiger partial charge in [-0.25, -0.2) is 0 Å². The Morgan fingerprint density at radius 3 is 2.85 bits per heavy atom. The Morgan fingerprint density at radius 1 is 1.30 bits per heavy atom. The molecule has 4 heteroatoms. The van der Waals surface area contributed by atoms with Gasteiger partial charge in [-0.2, -0.15) is 0 Å². The minimum absolute atomic E-state index is 0.138. The number of para-hydroxylation sites is 1. The van der Waals surface area contributed by atoms with E-state index in [2.05, 4.69) is 11.1 Å². The molecule has 0 aliphatic carbocycles. The SMILES string of the molecule is Cc1cc2ccccc2nc1CC(=O)N1CCOCC1. The lowest BCUT2D eigenvalue weighted by molar-refractivity contribution is -0.134. The van der Waals surface area contributed by atoms with Crippen LogP contribution in [0.4, 0.5) is 0 Å². The smallest absolute Gasteiger partial charge is 0.228 e. The maximum absolute atomic E-state index is 12.3. The molecule has 1 amide bonds. The van der Waals surface area contributed by atoms with E-state index in [0.717, 1.165) is 22.2 Å². The van der Waals surface area contributed by atoms with Crippen LogP contribution in [0.3, 0.4) is 0 Å². The van der Waals surface area contributed by atoms with Crippen molar-refractivity contribution in [3.63, 3.8) is 0 Å². The summed E-state index contributed by atoms with van der Waals surface area (Å²) in [5.41, 5.74) is 2.90. The lowest BCUT2D eigenvalue weighted by Gasteiger charge is -2.27. The number of nitrogens with zero attached hydrogens (tertiary/aromatic N) is 2. The predicted octanol–water partition coefficient (Wildman–Crippen LogP) is 1.94. The van der Waals surface area contributed by atoms with Crippen molar-refractivity contribution in [2.24, 2.45) is 0 Å². The van der Waals surface area contributed by atoms with Gasteiger partial charge in [0, 0.05) is 18.5 Å². The van der Waals surface area contributed by atoms with Crippen LogP contribution in [0.5, 0.6) is 0 Å². The van der Waals surface area contributed by atoms with E-state index in [9.17, 15) is 4.79 Å². The van der Waals surface area contributed by atoms with Crippen LogP contribution in [0.15, 0.2) is 30.3 Å². The highest BCUT2D eigenvalue weighted by Gasteiger charge is 2.18. The summed E-state index contributed by atoms with van der Waals surface area (Å²) in [4.78, 5) is 18.8. The molecule has 4 nitrogen and oxygen atoms in total. The van der Waals surface area contributed by atoms with Gasteiger partial charge in [-0.15, -0.1) is 0 Å². The fraction of sp³-hybridized carbons (Fsp3) is 0.375. The number of benzene rings is 1. The number of ether oxygens (including phenoxy) is 1. The fourth-order valence-corrected chi connectivity index (χ4v) is 2.51. The van der Waals surface area contributed by atoms with Crippen molar-refractivity contribution >= 4 is 16.8 Å². The number of aromatic nitrogens is 1. The highest BCUT2D eigenvalue weighted by atomic mass is 16.5. The zero-order chi connectivity index (χ0) is 13.9. The molecule has 0 bridgehead atoms. The van der Waals surface area contributed by atoms with E-state index >= 15 is 0 Å². The van der Waals surface area contributed by atoms with Gasteiger partial charge < -0.3 is 9.64 Å². The minimum atomic E-state index is 0.138. The summed E-state index contributed by atoms with van der Waals surface area (Å²) in [5.74, 6) is 0.138. The summed E-state index contributed by atoms with van der Waals surface area (Å²) in [6.45, 7) is 4.66. The quantitative estimate of drug-likeness (QED) is 0.837. The fourth-order valence-electron chi connectivity index (χ4n) is 2.51. The molecule has 0 N–H and O–H groups in total. The van der Waals surface area contributed by atoms with Gasteiger partial charge in [-0.1, -0.05) is 18.2 Å². The number of morpholine rings is 1. The minimum Gasteiger partial charge on any atom is -0.378 e. The molecule has 0 spiro atoms. The van der Waals surface area contributed by atoms with Crippen molar-refractivity contribution in [2.75, 3.05) is 26.3 Å². The monoisotopic (exact) mass is 270 g/mol. The summed E-state index contributed by atoms with van der Waals surface area (Å²) in [7, 11) is 0. The normalized spacial score (nSPS) is 15.6. The van der Waals surface area contributed by atoms with E-state index in [1.54, 1.807) is 0 Å². The molecule has 20 heavy (non-hydrogen) atoms. The standard InChI is InChI=1S/C16H18N2O2/c1-12-10-13-4-2-3-5-14(13)17-15(12)11-16(19)18-6-8-20-9-7-18/h2-5,10H,6-9,11H2,1H3. The first-order chi connectivity index (χ1) is 9.74. The zero-order valence-electron chi connectivity index (χ0n) is 11.6. The van der Waals surface area contributed by atoms with E-state index in [-0.39, 0.29) is 5.91 Å². The van der Waals surface area contributed by atoms with Crippen molar-refractivity contribution < 1.29 is 9.53 Å². The van der Waals surface area contributed by atoms with Gasteiger partial charge in [0.2, 0.25) is 5.91 Å². The number of hydrogen-bond acceptors (Lipinski definition) is 3. The lowest BCUT2D eigenvalue weighted by atomic mass is 10.1. The number of carbonyl (C=O) groups excluding carboxylic acids is 1. The molecule has 1 saturated heterocycles. The summed E-state index contributed by atoms with van der Waals surface area (Å²) in [6.07, 6.45) is 0.372. The molecule has 0 saturated carbocycles. The van der Waals surface area contributed by atoms with Gasteiger partial charge in [0.15, 0.2) is 0 Å². The highest BCUT2D eigenvalue weighted by molar-refractivity contribution is 5.82.